The molecule has 0 aliphatic rings. The molecule has 0 fully saturated rings. The van der Waals surface area contributed by atoms with E-state index in [1.54, 1.807) is 12.1 Å². The number of halogens is 1. The van der Waals surface area contributed by atoms with Crippen LogP contribution in [0.5, 0.6) is 5.75 Å². The molecule has 0 saturated heterocycles. The zero-order valence-corrected chi connectivity index (χ0v) is 13.1. The minimum absolute atomic E-state index is 0.238. The molecule has 1 amide bonds. The third kappa shape index (κ3) is 4.91. The Morgan fingerprint density at radius 1 is 1.24 bits per heavy atom. The predicted molar refractivity (Wildman–Crippen MR) is 83.2 cm³/mol. The molecule has 1 aromatic heterocycles. The maximum absolute atomic E-state index is 11.8. The Bertz CT molecular complexity index is 581. The van der Waals surface area contributed by atoms with Crippen molar-refractivity contribution in [3.05, 3.63) is 52.4 Å². The Hall–Kier alpha value is -1.79. The first-order chi connectivity index (χ1) is 10.2. The van der Waals surface area contributed by atoms with Gasteiger partial charge in [0.15, 0.2) is 5.76 Å². The molecule has 0 atom stereocenters. The number of nitrogens with two attached hydrogens (primary N) is 1. The van der Waals surface area contributed by atoms with Crippen LogP contribution in [0.25, 0.3) is 0 Å². The summed E-state index contributed by atoms with van der Waals surface area (Å²) in [6.07, 6.45) is 0.742. The van der Waals surface area contributed by atoms with Crippen molar-refractivity contribution in [1.82, 2.24) is 5.32 Å². The fourth-order valence-corrected chi connectivity index (χ4v) is 1.92. The van der Waals surface area contributed by atoms with Gasteiger partial charge in [0, 0.05) is 11.0 Å². The maximum atomic E-state index is 11.8. The van der Waals surface area contributed by atoms with Gasteiger partial charge in [0.1, 0.15) is 18.1 Å². The van der Waals surface area contributed by atoms with E-state index in [9.17, 15) is 4.79 Å². The lowest BCUT2D eigenvalue weighted by Gasteiger charge is -2.04. The fraction of sp³-hybridized carbons (Fsp3) is 0.267. The maximum Gasteiger partial charge on any atom is 0.286 e. The molecule has 0 unspecified atom stereocenters. The van der Waals surface area contributed by atoms with Gasteiger partial charge in [0.2, 0.25) is 0 Å². The molecule has 0 spiro atoms. The number of ether oxygens (including phenoxy) is 1. The molecule has 2 rings (SSSR count). The van der Waals surface area contributed by atoms with Crippen LogP contribution in [0.3, 0.4) is 0 Å². The summed E-state index contributed by atoms with van der Waals surface area (Å²) in [7, 11) is 0. The first kappa shape index (κ1) is 15.6. The molecule has 0 aliphatic heterocycles. The fourth-order valence-electron chi connectivity index (χ4n) is 1.65. The Kier molecular flexibility index (Phi) is 5.83. The van der Waals surface area contributed by atoms with Crippen LogP contribution in [0.4, 0.5) is 0 Å². The summed E-state index contributed by atoms with van der Waals surface area (Å²) in [6.45, 7) is 1.36. The van der Waals surface area contributed by atoms with Gasteiger partial charge in [0.05, 0.1) is 0 Å². The van der Waals surface area contributed by atoms with E-state index in [0.717, 1.165) is 16.6 Å². The van der Waals surface area contributed by atoms with Gasteiger partial charge in [0.25, 0.3) is 5.91 Å². The van der Waals surface area contributed by atoms with Crippen LogP contribution in [0.2, 0.25) is 0 Å². The van der Waals surface area contributed by atoms with Crippen LogP contribution < -0.4 is 15.8 Å². The summed E-state index contributed by atoms with van der Waals surface area (Å²) in [4.78, 5) is 11.8. The van der Waals surface area contributed by atoms with E-state index >= 15 is 0 Å². The normalized spacial score (nSPS) is 10.4. The predicted octanol–water partition coefficient (Wildman–Crippen LogP) is 2.70. The van der Waals surface area contributed by atoms with E-state index in [-0.39, 0.29) is 18.3 Å². The standard InChI is InChI=1S/C15H17BrN2O3/c16-11-2-4-12(5-3-11)20-10-13-6-7-14(21-13)15(19)18-9-1-8-17/h2-7H,1,8-10,17H2,(H,18,19). The lowest BCUT2D eigenvalue weighted by atomic mass is 10.3. The van der Waals surface area contributed by atoms with E-state index in [1.807, 2.05) is 24.3 Å². The summed E-state index contributed by atoms with van der Waals surface area (Å²) >= 11 is 3.36. The van der Waals surface area contributed by atoms with E-state index < -0.39 is 0 Å². The van der Waals surface area contributed by atoms with Crippen LogP contribution in [0, 0.1) is 0 Å². The number of carbonyl (C=O) groups excluding carboxylic acids is 1. The van der Waals surface area contributed by atoms with Gasteiger partial charge in [-0.05, 0) is 49.4 Å². The van der Waals surface area contributed by atoms with E-state index in [2.05, 4.69) is 21.2 Å². The van der Waals surface area contributed by atoms with Crippen molar-refractivity contribution in [2.75, 3.05) is 13.1 Å². The Morgan fingerprint density at radius 3 is 2.71 bits per heavy atom. The third-order valence-corrected chi connectivity index (χ3v) is 3.28. The average molecular weight is 353 g/mol. The second kappa shape index (κ2) is 7.85. The molecular weight excluding hydrogens is 336 g/mol. The van der Waals surface area contributed by atoms with E-state index in [0.29, 0.717) is 18.8 Å². The number of nitrogens with one attached hydrogen (secondary N) is 1. The van der Waals surface area contributed by atoms with Crippen molar-refractivity contribution < 1.29 is 13.9 Å². The molecule has 0 bridgehead atoms. The highest BCUT2D eigenvalue weighted by atomic mass is 79.9. The van der Waals surface area contributed by atoms with Crippen LogP contribution in [0.1, 0.15) is 22.7 Å². The molecule has 0 radical (unpaired) electrons. The highest BCUT2D eigenvalue weighted by Gasteiger charge is 2.10. The summed E-state index contributed by atoms with van der Waals surface area (Å²) < 4.78 is 12.0. The Balaban J connectivity index is 1.85. The molecular formula is C15H17BrN2O3. The second-order valence-corrected chi connectivity index (χ2v) is 5.32. The van der Waals surface area contributed by atoms with Gasteiger partial charge >= 0.3 is 0 Å². The Labute approximate surface area is 131 Å². The summed E-state index contributed by atoms with van der Waals surface area (Å²) in [6, 6.07) is 10.9. The molecule has 2 aromatic rings. The van der Waals surface area contributed by atoms with E-state index in [4.69, 9.17) is 14.9 Å². The number of benzene rings is 1. The number of furan rings is 1. The number of amides is 1. The van der Waals surface area contributed by atoms with Gasteiger partial charge in [-0.25, -0.2) is 0 Å². The van der Waals surface area contributed by atoms with Crippen molar-refractivity contribution in [1.29, 1.82) is 0 Å². The van der Waals surface area contributed by atoms with Gasteiger partial charge in [-0.3, -0.25) is 4.79 Å². The largest absolute Gasteiger partial charge is 0.486 e. The Morgan fingerprint density at radius 2 is 2.00 bits per heavy atom. The molecule has 3 N–H and O–H groups in total. The molecule has 0 saturated carbocycles. The molecule has 5 nitrogen and oxygen atoms in total. The second-order valence-electron chi connectivity index (χ2n) is 4.41. The first-order valence-electron chi connectivity index (χ1n) is 6.64. The zero-order chi connectivity index (χ0) is 15.1. The molecule has 1 aromatic carbocycles. The van der Waals surface area contributed by atoms with Crippen LogP contribution in [-0.2, 0) is 6.61 Å². The minimum Gasteiger partial charge on any atom is -0.486 e. The zero-order valence-electron chi connectivity index (χ0n) is 11.5. The summed E-state index contributed by atoms with van der Waals surface area (Å²) in [5, 5.41) is 2.73. The van der Waals surface area contributed by atoms with Gasteiger partial charge < -0.3 is 20.2 Å². The van der Waals surface area contributed by atoms with E-state index in [1.165, 1.54) is 0 Å². The molecule has 0 aliphatic carbocycles. The van der Waals surface area contributed by atoms with Gasteiger partial charge in [-0.15, -0.1) is 0 Å². The van der Waals surface area contributed by atoms with Crippen molar-refractivity contribution in [3.8, 4) is 5.75 Å². The van der Waals surface area contributed by atoms with Gasteiger partial charge in [-0.2, -0.15) is 0 Å². The van der Waals surface area contributed by atoms with Crippen LogP contribution in [0.15, 0.2) is 45.3 Å². The smallest absolute Gasteiger partial charge is 0.286 e. The van der Waals surface area contributed by atoms with Crippen molar-refractivity contribution in [2.45, 2.75) is 13.0 Å². The average Bonchev–Trinajstić information content (AvgIpc) is 2.96. The molecule has 1 heterocycles. The topological polar surface area (TPSA) is 77.5 Å². The lowest BCUT2D eigenvalue weighted by Crippen LogP contribution is -2.25. The van der Waals surface area contributed by atoms with Crippen molar-refractivity contribution in [3.63, 3.8) is 0 Å². The third-order valence-electron chi connectivity index (χ3n) is 2.75. The van der Waals surface area contributed by atoms with Crippen LogP contribution in [-0.4, -0.2) is 19.0 Å². The minimum atomic E-state index is -0.238. The molecule has 6 heteroatoms. The quantitative estimate of drug-likeness (QED) is 0.751. The summed E-state index contributed by atoms with van der Waals surface area (Å²) in [5.74, 6) is 1.38. The number of rotatable bonds is 7. The summed E-state index contributed by atoms with van der Waals surface area (Å²) in [5.41, 5.74) is 5.37. The number of hydrogen-bond acceptors (Lipinski definition) is 4. The van der Waals surface area contributed by atoms with Gasteiger partial charge in [-0.1, -0.05) is 15.9 Å². The number of hydrogen-bond donors (Lipinski definition) is 2. The van der Waals surface area contributed by atoms with Crippen molar-refractivity contribution >= 4 is 21.8 Å². The number of carbonyl (C=O) groups is 1. The molecule has 112 valence electrons. The molecule has 21 heavy (non-hydrogen) atoms. The SMILES string of the molecule is NCCCNC(=O)c1ccc(COc2ccc(Br)cc2)o1. The first-order valence-corrected chi connectivity index (χ1v) is 7.43. The van der Waals surface area contributed by atoms with Crippen LogP contribution >= 0.6 is 15.9 Å². The van der Waals surface area contributed by atoms with Crippen molar-refractivity contribution in [2.24, 2.45) is 5.73 Å². The lowest BCUT2D eigenvalue weighted by molar-refractivity contribution is 0.0921. The monoisotopic (exact) mass is 352 g/mol. The highest BCUT2D eigenvalue weighted by Crippen LogP contribution is 2.18. The highest BCUT2D eigenvalue weighted by molar-refractivity contribution is 9.10.